The second kappa shape index (κ2) is 12.5. The third kappa shape index (κ3) is 5.82. The zero-order valence-electron chi connectivity index (χ0n) is 23.7. The molecule has 0 aliphatic rings. The van der Waals surface area contributed by atoms with Crippen molar-refractivity contribution in [2.75, 3.05) is 0 Å². The van der Waals surface area contributed by atoms with Crippen molar-refractivity contribution in [3.63, 3.8) is 0 Å². The molecule has 0 aromatic heterocycles. The van der Waals surface area contributed by atoms with E-state index in [4.69, 9.17) is 4.74 Å². The largest absolute Gasteiger partial charge is 0.457 e. The molecular weight excluding hydrogens is 566 g/mol. The van der Waals surface area contributed by atoms with Crippen LogP contribution in [0, 0.1) is 34.3 Å². The number of halogens is 2. The fourth-order valence-corrected chi connectivity index (χ4v) is 5.19. The number of rotatable bonds is 7. The lowest BCUT2D eigenvalue weighted by Crippen LogP contribution is -2.05. The van der Waals surface area contributed by atoms with Crippen LogP contribution in [0.3, 0.4) is 0 Å². The average molecular weight is 589 g/mol. The van der Waals surface area contributed by atoms with Gasteiger partial charge in [0.2, 0.25) is 0 Å². The van der Waals surface area contributed by atoms with Crippen molar-refractivity contribution in [2.24, 2.45) is 0 Å². The van der Waals surface area contributed by atoms with E-state index in [-0.39, 0.29) is 22.3 Å². The Hall–Kier alpha value is -6.37. The molecule has 214 valence electrons. The van der Waals surface area contributed by atoms with Crippen LogP contribution in [0.15, 0.2) is 133 Å². The summed E-state index contributed by atoms with van der Waals surface area (Å²) in [6, 6.07) is 41.2. The Labute approximate surface area is 258 Å². The molecule has 4 nitrogen and oxygen atoms in total. The first-order chi connectivity index (χ1) is 22.0. The first-order valence-corrected chi connectivity index (χ1v) is 14.0. The molecular formula is C39H22F2N2O2. The first-order valence-electron chi connectivity index (χ1n) is 14.0. The number of ketones is 1. The van der Waals surface area contributed by atoms with Gasteiger partial charge in [-0.2, -0.15) is 10.5 Å². The van der Waals surface area contributed by atoms with E-state index in [0.29, 0.717) is 33.8 Å². The molecule has 0 N–H and O–H groups in total. The lowest BCUT2D eigenvalue weighted by atomic mass is 9.88. The number of nitrogens with zero attached hydrogens (tertiary/aromatic N) is 2. The summed E-state index contributed by atoms with van der Waals surface area (Å²) in [6.45, 7) is 0. The number of benzene rings is 6. The van der Waals surface area contributed by atoms with E-state index in [0.717, 1.165) is 11.1 Å². The Bertz CT molecular complexity index is 2130. The molecule has 0 spiro atoms. The molecule has 0 saturated heterocycles. The Balaban J connectivity index is 1.35. The smallest absolute Gasteiger partial charge is 0.193 e. The summed E-state index contributed by atoms with van der Waals surface area (Å²) in [5, 5.41) is 19.3. The lowest BCUT2D eigenvalue weighted by molar-refractivity contribution is 0.103. The minimum absolute atomic E-state index is 0.160. The summed E-state index contributed by atoms with van der Waals surface area (Å²) >= 11 is 0. The van der Waals surface area contributed by atoms with Crippen molar-refractivity contribution >= 4 is 5.78 Å². The van der Waals surface area contributed by atoms with Crippen LogP contribution in [-0.4, -0.2) is 5.78 Å². The average Bonchev–Trinajstić information content (AvgIpc) is 3.08. The molecule has 45 heavy (non-hydrogen) atoms. The predicted molar refractivity (Wildman–Crippen MR) is 168 cm³/mol. The van der Waals surface area contributed by atoms with E-state index in [1.165, 1.54) is 30.3 Å². The van der Waals surface area contributed by atoms with Crippen LogP contribution in [0.25, 0.3) is 33.4 Å². The SMILES string of the molecule is N#Cc1c(F)cccc1-c1ccc(-c2cccc(F)c2C#N)c(C(=O)c2ccc(Oc3ccc(-c4ccccc4)cc3)cc2)c1. The highest BCUT2D eigenvalue weighted by Crippen LogP contribution is 2.35. The van der Waals surface area contributed by atoms with Crippen LogP contribution < -0.4 is 4.74 Å². The molecule has 0 radical (unpaired) electrons. The molecule has 0 atom stereocenters. The second-order valence-electron chi connectivity index (χ2n) is 10.2. The van der Waals surface area contributed by atoms with Crippen molar-refractivity contribution in [3.05, 3.63) is 167 Å². The Kier molecular flexibility index (Phi) is 7.96. The molecule has 6 rings (SSSR count). The summed E-state index contributed by atoms with van der Waals surface area (Å²) in [5.74, 6) is -0.666. The van der Waals surface area contributed by atoms with E-state index in [1.54, 1.807) is 48.5 Å². The zero-order valence-corrected chi connectivity index (χ0v) is 23.7. The van der Waals surface area contributed by atoms with E-state index >= 15 is 0 Å². The van der Waals surface area contributed by atoms with Crippen LogP contribution in [0.5, 0.6) is 11.5 Å². The molecule has 6 aromatic rings. The lowest BCUT2D eigenvalue weighted by Gasteiger charge is -2.14. The molecule has 0 unspecified atom stereocenters. The number of carbonyl (C=O) groups excluding carboxylic acids is 1. The molecule has 0 bridgehead atoms. The number of ether oxygens (including phenoxy) is 1. The first kappa shape index (κ1) is 28.7. The third-order valence-corrected chi connectivity index (χ3v) is 7.43. The zero-order chi connectivity index (χ0) is 31.3. The maximum absolute atomic E-state index is 14.6. The third-order valence-electron chi connectivity index (χ3n) is 7.43. The highest BCUT2D eigenvalue weighted by Gasteiger charge is 2.21. The van der Waals surface area contributed by atoms with Crippen LogP contribution in [-0.2, 0) is 0 Å². The van der Waals surface area contributed by atoms with Gasteiger partial charge in [-0.05, 0) is 76.9 Å². The highest BCUT2D eigenvalue weighted by atomic mass is 19.1. The van der Waals surface area contributed by atoms with Gasteiger partial charge in [0.25, 0.3) is 0 Å². The predicted octanol–water partition coefficient (Wildman–Crippen LogP) is 9.73. The molecule has 0 aliphatic heterocycles. The number of nitriles is 2. The summed E-state index contributed by atoms with van der Waals surface area (Å²) in [7, 11) is 0. The van der Waals surface area contributed by atoms with Gasteiger partial charge in [0.1, 0.15) is 35.3 Å². The molecule has 0 fully saturated rings. The number of carbonyl (C=O) groups is 1. The molecule has 0 aliphatic carbocycles. The van der Waals surface area contributed by atoms with Crippen molar-refractivity contribution in [1.29, 1.82) is 10.5 Å². The van der Waals surface area contributed by atoms with Gasteiger partial charge in [-0.3, -0.25) is 4.79 Å². The van der Waals surface area contributed by atoms with Gasteiger partial charge < -0.3 is 4.74 Å². The fourth-order valence-electron chi connectivity index (χ4n) is 5.19. The van der Waals surface area contributed by atoms with Gasteiger partial charge in [-0.1, -0.05) is 78.9 Å². The summed E-state index contributed by atoms with van der Waals surface area (Å²) in [6.07, 6.45) is 0. The van der Waals surface area contributed by atoms with Gasteiger partial charge >= 0.3 is 0 Å². The van der Waals surface area contributed by atoms with E-state index < -0.39 is 17.4 Å². The molecule has 0 amide bonds. The Morgan fingerprint density at radius 1 is 0.533 bits per heavy atom. The fraction of sp³-hybridized carbons (Fsp3) is 0. The van der Waals surface area contributed by atoms with E-state index in [2.05, 4.69) is 0 Å². The summed E-state index contributed by atoms with van der Waals surface area (Å²) in [5.41, 5.74) is 3.56. The van der Waals surface area contributed by atoms with Crippen molar-refractivity contribution < 1.29 is 18.3 Å². The minimum Gasteiger partial charge on any atom is -0.457 e. The topological polar surface area (TPSA) is 73.9 Å². The normalized spacial score (nSPS) is 10.5. The summed E-state index contributed by atoms with van der Waals surface area (Å²) in [4.78, 5) is 14.0. The van der Waals surface area contributed by atoms with Crippen LogP contribution >= 0.6 is 0 Å². The quantitative estimate of drug-likeness (QED) is 0.174. The standard InChI is InChI=1S/C39H22F2N2O2/c40-37-10-4-8-31(35(37)23-42)28-16-21-33(32-9-5-11-38(41)36(32)24-43)34(22-28)39(44)27-14-19-30(20-15-27)45-29-17-12-26(13-18-29)25-6-2-1-3-7-25/h1-22H. The number of hydrogen-bond donors (Lipinski definition) is 0. The maximum Gasteiger partial charge on any atom is 0.193 e. The van der Waals surface area contributed by atoms with E-state index in [1.807, 2.05) is 66.7 Å². The monoisotopic (exact) mass is 588 g/mol. The van der Waals surface area contributed by atoms with Gasteiger partial charge in [0, 0.05) is 22.3 Å². The van der Waals surface area contributed by atoms with Crippen LogP contribution in [0.1, 0.15) is 27.0 Å². The maximum atomic E-state index is 14.6. The van der Waals surface area contributed by atoms with Crippen LogP contribution in [0.4, 0.5) is 8.78 Å². The molecule has 6 heteroatoms. The minimum atomic E-state index is -0.715. The molecule has 0 heterocycles. The van der Waals surface area contributed by atoms with Gasteiger partial charge in [0.05, 0.1) is 11.1 Å². The Morgan fingerprint density at radius 3 is 1.69 bits per heavy atom. The molecule has 6 aromatic carbocycles. The van der Waals surface area contributed by atoms with Gasteiger partial charge in [-0.15, -0.1) is 0 Å². The van der Waals surface area contributed by atoms with Gasteiger partial charge in [-0.25, -0.2) is 8.78 Å². The molecule has 0 saturated carbocycles. The van der Waals surface area contributed by atoms with Crippen molar-refractivity contribution in [1.82, 2.24) is 0 Å². The van der Waals surface area contributed by atoms with Crippen molar-refractivity contribution in [2.45, 2.75) is 0 Å². The summed E-state index contributed by atoms with van der Waals surface area (Å²) < 4.78 is 35.1. The second-order valence-corrected chi connectivity index (χ2v) is 10.2. The van der Waals surface area contributed by atoms with Crippen molar-refractivity contribution in [3.8, 4) is 57.0 Å². The Morgan fingerprint density at radius 2 is 1.07 bits per heavy atom. The highest BCUT2D eigenvalue weighted by molar-refractivity contribution is 6.13. The van der Waals surface area contributed by atoms with E-state index in [9.17, 15) is 24.1 Å². The number of hydrogen-bond acceptors (Lipinski definition) is 4. The van der Waals surface area contributed by atoms with Gasteiger partial charge in [0.15, 0.2) is 5.78 Å². The van der Waals surface area contributed by atoms with Crippen LogP contribution in [0.2, 0.25) is 0 Å².